The fraction of sp³-hybridized carbons (Fsp3) is 0.900. The van der Waals surface area contributed by atoms with E-state index in [-0.39, 0.29) is 31.0 Å². The van der Waals surface area contributed by atoms with E-state index in [0.29, 0.717) is 0 Å². The molecule has 17 heavy (non-hydrogen) atoms. The van der Waals surface area contributed by atoms with Gasteiger partial charge in [0.2, 0.25) is 5.91 Å². The van der Waals surface area contributed by atoms with Crippen molar-refractivity contribution in [2.24, 2.45) is 5.73 Å². The monoisotopic (exact) mass is 264 g/mol. The Morgan fingerprint density at radius 1 is 1.29 bits per heavy atom. The maximum atomic E-state index is 12.9. The lowest BCUT2D eigenvalue weighted by Gasteiger charge is -2.35. The molecule has 3 unspecified atom stereocenters. The molecule has 2 N–H and O–H groups in total. The lowest BCUT2D eigenvalue weighted by molar-refractivity contribution is -0.130. The molecule has 0 bridgehead atoms. The number of rotatable bonds is 2. The lowest BCUT2D eigenvalue weighted by atomic mass is 9.90. The van der Waals surface area contributed by atoms with Gasteiger partial charge in [-0.15, -0.1) is 3.89 Å². The number of hydrogen-bond acceptors (Lipinski definition) is 4. The molecule has 2 aliphatic rings. The zero-order valence-electron chi connectivity index (χ0n) is 9.51. The minimum atomic E-state index is -4.63. The van der Waals surface area contributed by atoms with Crippen LogP contribution in [0.4, 0.5) is 3.89 Å². The van der Waals surface area contributed by atoms with E-state index in [9.17, 15) is 17.1 Å². The van der Waals surface area contributed by atoms with Crippen LogP contribution >= 0.6 is 0 Å². The van der Waals surface area contributed by atoms with Gasteiger partial charge in [0.1, 0.15) is 5.25 Å². The normalized spacial score (nSPS) is 35.3. The molecule has 1 aliphatic heterocycles. The van der Waals surface area contributed by atoms with E-state index in [4.69, 9.17) is 5.73 Å². The van der Waals surface area contributed by atoms with E-state index in [1.54, 1.807) is 0 Å². The summed E-state index contributed by atoms with van der Waals surface area (Å²) < 4.78 is 34.5. The Bertz CT molecular complexity index is 412. The van der Waals surface area contributed by atoms with Gasteiger partial charge in [-0.25, -0.2) is 0 Å². The first-order chi connectivity index (χ1) is 7.89. The summed E-state index contributed by atoms with van der Waals surface area (Å²) in [5.41, 5.74) is 5.94. The van der Waals surface area contributed by atoms with Crippen molar-refractivity contribution >= 4 is 16.1 Å². The predicted octanol–water partition coefficient (Wildman–Crippen LogP) is 0.157. The van der Waals surface area contributed by atoms with Crippen molar-refractivity contribution in [1.82, 2.24) is 4.90 Å². The van der Waals surface area contributed by atoms with E-state index in [0.717, 1.165) is 25.7 Å². The molecular formula is C10H17FN2O3S. The summed E-state index contributed by atoms with van der Waals surface area (Å²) in [5.74, 6) is -0.293. The van der Waals surface area contributed by atoms with Crippen molar-refractivity contribution in [2.75, 3.05) is 6.54 Å². The number of hydrogen-bond donors (Lipinski definition) is 1. The number of nitrogens with zero attached hydrogens (tertiary/aromatic N) is 1. The van der Waals surface area contributed by atoms with Crippen molar-refractivity contribution in [3.63, 3.8) is 0 Å². The van der Waals surface area contributed by atoms with Crippen LogP contribution in [0.1, 0.15) is 32.1 Å². The fourth-order valence-corrected chi connectivity index (χ4v) is 3.41. The van der Waals surface area contributed by atoms with Crippen molar-refractivity contribution in [3.05, 3.63) is 0 Å². The molecule has 0 aromatic carbocycles. The van der Waals surface area contributed by atoms with Gasteiger partial charge in [0.25, 0.3) is 0 Å². The smallest absolute Gasteiger partial charge is 0.307 e. The molecule has 1 saturated carbocycles. The third kappa shape index (κ3) is 2.60. The number of nitrogens with two attached hydrogens (primary N) is 1. The summed E-state index contributed by atoms with van der Waals surface area (Å²) in [6.45, 7) is -0.0456. The van der Waals surface area contributed by atoms with Gasteiger partial charge in [-0.05, 0) is 12.8 Å². The van der Waals surface area contributed by atoms with Crippen LogP contribution in [-0.2, 0) is 15.0 Å². The first kappa shape index (κ1) is 12.8. The summed E-state index contributed by atoms with van der Waals surface area (Å²) in [6.07, 6.45) is 3.38. The van der Waals surface area contributed by atoms with Crippen molar-refractivity contribution in [2.45, 2.75) is 49.4 Å². The topological polar surface area (TPSA) is 80.5 Å². The van der Waals surface area contributed by atoms with Gasteiger partial charge >= 0.3 is 10.2 Å². The van der Waals surface area contributed by atoms with Gasteiger partial charge in [-0.2, -0.15) is 8.42 Å². The summed E-state index contributed by atoms with van der Waals surface area (Å²) >= 11 is 0. The molecule has 0 spiro atoms. The van der Waals surface area contributed by atoms with E-state index >= 15 is 0 Å². The molecule has 1 heterocycles. The third-order valence-electron chi connectivity index (χ3n) is 3.70. The predicted molar refractivity (Wildman–Crippen MR) is 60.4 cm³/mol. The summed E-state index contributed by atoms with van der Waals surface area (Å²) in [6, 6.07) is -0.239. The van der Waals surface area contributed by atoms with Gasteiger partial charge in [0.05, 0.1) is 0 Å². The zero-order chi connectivity index (χ0) is 12.6. The summed E-state index contributed by atoms with van der Waals surface area (Å²) in [5, 5.41) is -1.20. The molecule has 1 amide bonds. The molecule has 3 atom stereocenters. The molecule has 98 valence electrons. The number of amides is 1. The third-order valence-corrected chi connectivity index (χ3v) is 4.82. The van der Waals surface area contributed by atoms with E-state index in [1.807, 2.05) is 0 Å². The Hall–Kier alpha value is -0.690. The Morgan fingerprint density at radius 3 is 2.47 bits per heavy atom. The Balaban J connectivity index is 2.10. The first-order valence-corrected chi connectivity index (χ1v) is 7.33. The molecule has 0 radical (unpaired) electrons. The van der Waals surface area contributed by atoms with E-state index < -0.39 is 15.5 Å². The van der Waals surface area contributed by atoms with Crippen LogP contribution in [0.15, 0.2) is 0 Å². The molecule has 1 aliphatic carbocycles. The van der Waals surface area contributed by atoms with Gasteiger partial charge < -0.3 is 10.6 Å². The first-order valence-electron chi connectivity index (χ1n) is 5.88. The molecule has 5 nitrogen and oxygen atoms in total. The van der Waals surface area contributed by atoms with Gasteiger partial charge in [0.15, 0.2) is 0 Å². The van der Waals surface area contributed by atoms with Crippen molar-refractivity contribution < 1.29 is 17.1 Å². The van der Waals surface area contributed by atoms with Crippen LogP contribution < -0.4 is 5.73 Å². The van der Waals surface area contributed by atoms with Gasteiger partial charge in [0, 0.05) is 25.0 Å². The minimum Gasteiger partial charge on any atom is -0.337 e. The van der Waals surface area contributed by atoms with Crippen LogP contribution in [0.2, 0.25) is 0 Å². The molecule has 2 fully saturated rings. The average molecular weight is 264 g/mol. The van der Waals surface area contributed by atoms with E-state index in [1.165, 1.54) is 4.90 Å². The summed E-state index contributed by atoms with van der Waals surface area (Å²) in [4.78, 5) is 13.2. The highest BCUT2D eigenvalue weighted by molar-refractivity contribution is 7.87. The zero-order valence-corrected chi connectivity index (χ0v) is 10.3. The largest absolute Gasteiger partial charge is 0.337 e. The highest BCUT2D eigenvalue weighted by Crippen LogP contribution is 2.28. The maximum absolute atomic E-state index is 12.9. The Morgan fingerprint density at radius 2 is 1.94 bits per heavy atom. The second-order valence-corrected chi connectivity index (χ2v) is 6.48. The number of carbonyl (C=O) groups excluding carboxylic acids is 1. The summed E-state index contributed by atoms with van der Waals surface area (Å²) in [7, 11) is -4.63. The molecule has 0 aromatic heterocycles. The average Bonchev–Trinajstić information content (AvgIpc) is 2.61. The maximum Gasteiger partial charge on any atom is 0.307 e. The molecule has 1 saturated heterocycles. The molecule has 0 aromatic rings. The minimum absolute atomic E-state index is 0.0456. The van der Waals surface area contributed by atoms with Crippen LogP contribution in [0.25, 0.3) is 0 Å². The van der Waals surface area contributed by atoms with E-state index in [2.05, 4.69) is 0 Å². The SMILES string of the molecule is NC1CCCCC1N1CC(S(=O)(=O)F)CC1=O. The Kier molecular flexibility index (Phi) is 3.40. The molecule has 7 heteroatoms. The van der Waals surface area contributed by atoms with Crippen LogP contribution in [0, 0.1) is 0 Å². The second-order valence-electron chi connectivity index (χ2n) is 4.86. The number of halogens is 1. The number of carbonyl (C=O) groups is 1. The standard InChI is InChI=1S/C10H17FN2O3S/c11-17(15,16)7-5-10(14)13(6-7)9-4-2-1-3-8(9)12/h7-9H,1-6,12H2. The lowest BCUT2D eigenvalue weighted by Crippen LogP contribution is -2.50. The fourth-order valence-electron chi connectivity index (χ4n) is 2.73. The van der Waals surface area contributed by atoms with Gasteiger partial charge in [-0.1, -0.05) is 12.8 Å². The molecular weight excluding hydrogens is 247 g/mol. The highest BCUT2D eigenvalue weighted by Gasteiger charge is 2.42. The van der Waals surface area contributed by atoms with Crippen molar-refractivity contribution in [3.8, 4) is 0 Å². The van der Waals surface area contributed by atoms with Gasteiger partial charge in [-0.3, -0.25) is 4.79 Å². The highest BCUT2D eigenvalue weighted by atomic mass is 32.3. The van der Waals surface area contributed by atoms with Crippen LogP contribution in [0.5, 0.6) is 0 Å². The Labute approximate surface area is 100 Å². The van der Waals surface area contributed by atoms with Crippen molar-refractivity contribution in [1.29, 1.82) is 0 Å². The second kappa shape index (κ2) is 4.53. The molecule has 2 rings (SSSR count). The van der Waals surface area contributed by atoms with Crippen LogP contribution in [-0.4, -0.2) is 43.1 Å². The van der Waals surface area contributed by atoms with Crippen LogP contribution in [0.3, 0.4) is 0 Å². The number of likely N-dealkylation sites (tertiary alicyclic amines) is 1. The quantitative estimate of drug-likeness (QED) is 0.720.